The van der Waals surface area contributed by atoms with Crippen LogP contribution in [0.4, 0.5) is 0 Å². The second kappa shape index (κ2) is 5.64. The molecule has 1 heterocycles. The Morgan fingerprint density at radius 2 is 2.10 bits per heavy atom. The molecule has 0 unspecified atom stereocenters. The molecule has 110 valence electrons. The minimum Gasteiger partial charge on any atom is -0.480 e. The minimum absolute atomic E-state index is 0.127. The van der Waals surface area contributed by atoms with E-state index >= 15 is 0 Å². The molecule has 1 amide bonds. The number of nitrogens with zero attached hydrogens (tertiary/aromatic N) is 1. The average molecular weight is 280 g/mol. The molecule has 1 fully saturated rings. The Balaban J connectivity index is 2.07. The summed E-state index contributed by atoms with van der Waals surface area (Å²) in [5, 5.41) is 11.6. The van der Waals surface area contributed by atoms with Crippen LogP contribution in [0.3, 0.4) is 0 Å². The van der Waals surface area contributed by atoms with E-state index in [-0.39, 0.29) is 11.7 Å². The molecule has 0 bridgehead atoms. The molecule has 1 aliphatic carbocycles. The Labute approximate surface area is 117 Å². The molecule has 20 heavy (non-hydrogen) atoms. The van der Waals surface area contributed by atoms with Crippen LogP contribution in [0.25, 0.3) is 0 Å². The van der Waals surface area contributed by atoms with Gasteiger partial charge < -0.3 is 14.8 Å². The fourth-order valence-corrected chi connectivity index (χ4v) is 2.05. The second-order valence-corrected chi connectivity index (χ2v) is 5.73. The predicted molar refractivity (Wildman–Crippen MR) is 71.6 cm³/mol. The molecule has 1 aromatic rings. The van der Waals surface area contributed by atoms with Gasteiger partial charge >= 0.3 is 5.97 Å². The zero-order valence-electron chi connectivity index (χ0n) is 12.0. The number of carbonyl (C=O) groups is 2. The molecule has 0 spiro atoms. The molecule has 6 heteroatoms. The number of oxazole rings is 1. The maximum absolute atomic E-state index is 12.1. The first-order valence-corrected chi connectivity index (χ1v) is 6.89. The van der Waals surface area contributed by atoms with Gasteiger partial charge in [0.25, 0.3) is 5.91 Å². The van der Waals surface area contributed by atoms with Crippen molar-refractivity contribution in [2.75, 3.05) is 0 Å². The van der Waals surface area contributed by atoms with Crippen LogP contribution < -0.4 is 5.32 Å². The van der Waals surface area contributed by atoms with Crippen molar-refractivity contribution in [1.82, 2.24) is 10.3 Å². The predicted octanol–water partition coefficient (Wildman–Crippen LogP) is 2.09. The lowest BCUT2D eigenvalue weighted by Gasteiger charge is -2.15. The molecule has 2 N–H and O–H groups in total. The second-order valence-electron chi connectivity index (χ2n) is 5.73. The summed E-state index contributed by atoms with van der Waals surface area (Å²) in [7, 11) is 0. The zero-order chi connectivity index (χ0) is 14.9. The zero-order valence-corrected chi connectivity index (χ0v) is 12.0. The minimum atomic E-state index is -1.04. The first-order valence-electron chi connectivity index (χ1n) is 6.89. The molecule has 2 rings (SSSR count). The van der Waals surface area contributed by atoms with Gasteiger partial charge in [-0.05, 0) is 32.1 Å². The summed E-state index contributed by atoms with van der Waals surface area (Å²) in [6.45, 7) is 5.52. The van der Waals surface area contributed by atoms with Crippen molar-refractivity contribution in [2.45, 2.75) is 52.0 Å². The highest BCUT2D eigenvalue weighted by molar-refractivity contribution is 5.95. The van der Waals surface area contributed by atoms with Gasteiger partial charge in [0.05, 0.1) is 5.69 Å². The Morgan fingerprint density at radius 3 is 2.60 bits per heavy atom. The highest BCUT2D eigenvalue weighted by atomic mass is 16.4. The van der Waals surface area contributed by atoms with E-state index in [2.05, 4.69) is 10.3 Å². The fourth-order valence-electron chi connectivity index (χ4n) is 2.05. The summed E-state index contributed by atoms with van der Waals surface area (Å²) in [5.74, 6) is -0.331. The monoisotopic (exact) mass is 280 g/mol. The average Bonchev–Trinajstić information content (AvgIpc) is 3.11. The van der Waals surface area contributed by atoms with Gasteiger partial charge in [-0.1, -0.05) is 13.8 Å². The van der Waals surface area contributed by atoms with Crippen LogP contribution in [-0.2, 0) is 4.79 Å². The Kier molecular flexibility index (Phi) is 4.11. The van der Waals surface area contributed by atoms with E-state index in [0.717, 1.165) is 12.8 Å². The number of carboxylic acids is 1. The van der Waals surface area contributed by atoms with Crippen molar-refractivity contribution in [1.29, 1.82) is 0 Å². The quantitative estimate of drug-likeness (QED) is 0.832. The van der Waals surface area contributed by atoms with Gasteiger partial charge in [-0.15, -0.1) is 0 Å². The van der Waals surface area contributed by atoms with Crippen LogP contribution in [0.15, 0.2) is 4.42 Å². The molecular formula is C14H20N2O4. The molecule has 0 saturated heterocycles. The first-order chi connectivity index (χ1) is 9.38. The number of carbonyl (C=O) groups excluding carboxylic acids is 1. The van der Waals surface area contributed by atoms with Gasteiger partial charge in [-0.25, -0.2) is 9.78 Å². The molecule has 1 aliphatic rings. The van der Waals surface area contributed by atoms with Crippen molar-refractivity contribution in [3.05, 3.63) is 17.3 Å². The topological polar surface area (TPSA) is 92.4 Å². The van der Waals surface area contributed by atoms with Gasteiger partial charge in [-0.2, -0.15) is 0 Å². The molecule has 1 aromatic heterocycles. The highest BCUT2D eigenvalue weighted by Crippen LogP contribution is 2.40. The molecule has 0 aliphatic heterocycles. The van der Waals surface area contributed by atoms with E-state index < -0.39 is 17.9 Å². The molecule has 0 aromatic carbocycles. The number of aromatic nitrogens is 1. The third-order valence-corrected chi connectivity index (χ3v) is 3.26. The third kappa shape index (κ3) is 3.37. The number of aliphatic carboxylic acids is 1. The summed E-state index contributed by atoms with van der Waals surface area (Å²) < 4.78 is 5.47. The normalized spacial score (nSPS) is 16.2. The number of amides is 1. The first kappa shape index (κ1) is 14.6. The van der Waals surface area contributed by atoms with Crippen LogP contribution in [0, 0.1) is 12.8 Å². The van der Waals surface area contributed by atoms with Crippen LogP contribution in [0.5, 0.6) is 0 Å². The van der Waals surface area contributed by atoms with E-state index in [0.29, 0.717) is 23.9 Å². The van der Waals surface area contributed by atoms with Crippen LogP contribution in [0.2, 0.25) is 0 Å². The van der Waals surface area contributed by atoms with Gasteiger partial charge in [0.15, 0.2) is 5.89 Å². The van der Waals surface area contributed by atoms with Crippen molar-refractivity contribution in [3.63, 3.8) is 0 Å². The molecule has 0 radical (unpaired) electrons. The van der Waals surface area contributed by atoms with Gasteiger partial charge in [0.2, 0.25) is 5.76 Å². The molecular weight excluding hydrogens is 260 g/mol. The lowest BCUT2D eigenvalue weighted by Crippen LogP contribution is -2.41. The number of nitrogens with one attached hydrogen (secondary N) is 1. The van der Waals surface area contributed by atoms with E-state index in [4.69, 9.17) is 9.52 Å². The summed E-state index contributed by atoms with van der Waals surface area (Å²) in [5.41, 5.74) is 0.512. The SMILES string of the molecule is Cc1nc(C2CC2)oc1C(=O)N[C@@H](CC(C)C)C(=O)O. The van der Waals surface area contributed by atoms with Gasteiger partial charge in [0, 0.05) is 5.92 Å². The third-order valence-electron chi connectivity index (χ3n) is 3.26. The lowest BCUT2D eigenvalue weighted by atomic mass is 10.0. The Hall–Kier alpha value is -1.85. The summed E-state index contributed by atoms with van der Waals surface area (Å²) >= 11 is 0. The van der Waals surface area contributed by atoms with E-state index in [9.17, 15) is 9.59 Å². The maximum Gasteiger partial charge on any atom is 0.326 e. The van der Waals surface area contributed by atoms with Crippen LogP contribution >= 0.6 is 0 Å². The summed E-state index contributed by atoms with van der Waals surface area (Å²) in [4.78, 5) is 27.5. The largest absolute Gasteiger partial charge is 0.480 e. The Morgan fingerprint density at radius 1 is 1.45 bits per heavy atom. The van der Waals surface area contributed by atoms with E-state index in [1.807, 2.05) is 13.8 Å². The molecule has 1 atom stereocenters. The maximum atomic E-state index is 12.1. The van der Waals surface area contributed by atoms with Gasteiger partial charge in [-0.3, -0.25) is 4.79 Å². The number of hydrogen-bond acceptors (Lipinski definition) is 4. The fraction of sp³-hybridized carbons (Fsp3) is 0.643. The lowest BCUT2D eigenvalue weighted by molar-refractivity contribution is -0.139. The van der Waals surface area contributed by atoms with Crippen LogP contribution in [-0.4, -0.2) is 28.0 Å². The van der Waals surface area contributed by atoms with Crippen LogP contribution in [0.1, 0.15) is 61.2 Å². The van der Waals surface area contributed by atoms with E-state index in [1.54, 1.807) is 6.92 Å². The molecule has 6 nitrogen and oxygen atoms in total. The number of rotatable bonds is 6. The number of carboxylic acid groups (broad SMARTS) is 1. The van der Waals surface area contributed by atoms with Crippen molar-refractivity contribution in [3.8, 4) is 0 Å². The summed E-state index contributed by atoms with van der Waals surface area (Å²) in [6.07, 6.45) is 2.45. The Bertz CT molecular complexity index is 517. The number of aryl methyl sites for hydroxylation is 1. The van der Waals surface area contributed by atoms with Crippen molar-refractivity contribution in [2.24, 2.45) is 5.92 Å². The number of hydrogen-bond donors (Lipinski definition) is 2. The van der Waals surface area contributed by atoms with Crippen molar-refractivity contribution < 1.29 is 19.1 Å². The molecule has 1 saturated carbocycles. The smallest absolute Gasteiger partial charge is 0.326 e. The van der Waals surface area contributed by atoms with Gasteiger partial charge in [0.1, 0.15) is 6.04 Å². The highest BCUT2D eigenvalue weighted by Gasteiger charge is 2.31. The standard InChI is InChI=1S/C14H20N2O4/c1-7(2)6-10(14(18)19)16-12(17)11-8(3)15-13(20-11)9-4-5-9/h7,9-10H,4-6H2,1-3H3,(H,16,17)(H,18,19)/t10-/m0/s1. The summed E-state index contributed by atoms with van der Waals surface area (Å²) in [6, 6.07) is -0.906. The van der Waals surface area contributed by atoms with Crippen molar-refractivity contribution >= 4 is 11.9 Å². The van der Waals surface area contributed by atoms with E-state index in [1.165, 1.54) is 0 Å².